The van der Waals surface area contributed by atoms with Crippen molar-refractivity contribution in [3.63, 3.8) is 0 Å². The van der Waals surface area contributed by atoms with Crippen molar-refractivity contribution >= 4 is 28.8 Å². The molecule has 9 nitrogen and oxygen atoms in total. The lowest BCUT2D eigenvalue weighted by molar-refractivity contribution is 0.102. The van der Waals surface area contributed by atoms with Gasteiger partial charge in [0.1, 0.15) is 17.9 Å². The van der Waals surface area contributed by atoms with Gasteiger partial charge in [0, 0.05) is 5.54 Å². The Kier molecular flexibility index (Phi) is 3.05. The molecule has 1 saturated carbocycles. The minimum atomic E-state index is -0.422. The summed E-state index contributed by atoms with van der Waals surface area (Å²) in [6.07, 6.45) is 3.47. The highest BCUT2D eigenvalue weighted by Crippen LogP contribution is 2.40. The van der Waals surface area contributed by atoms with Crippen LogP contribution in [0, 0.1) is 13.8 Å². The van der Waals surface area contributed by atoms with Crippen LogP contribution in [-0.4, -0.2) is 31.6 Å². The smallest absolute Gasteiger partial charge is 0.328 e. The van der Waals surface area contributed by atoms with E-state index < -0.39 is 5.91 Å². The quantitative estimate of drug-likeness (QED) is 0.749. The van der Waals surface area contributed by atoms with Gasteiger partial charge in [0.15, 0.2) is 5.82 Å². The summed E-state index contributed by atoms with van der Waals surface area (Å²) in [5.74, 6) is 1.18. The molecule has 3 heterocycles. The summed E-state index contributed by atoms with van der Waals surface area (Å²) in [4.78, 5) is 25.2. The Morgan fingerprint density at radius 2 is 2.00 bits per heavy atom. The number of fused-ring (bicyclic) bond motifs is 1. The molecule has 4 rings (SSSR count). The summed E-state index contributed by atoms with van der Waals surface area (Å²) < 4.78 is 10.4. The lowest BCUT2D eigenvalue weighted by Crippen LogP contribution is -2.19. The van der Waals surface area contributed by atoms with Gasteiger partial charge in [-0.2, -0.15) is 9.97 Å². The molecule has 24 heavy (non-hydrogen) atoms. The molecule has 0 radical (unpaired) electrons. The number of carbonyl (C=O) groups excluding carboxylic acids is 1. The van der Waals surface area contributed by atoms with Crippen LogP contribution in [0.4, 0.5) is 11.8 Å². The number of hydrogen-bond acceptors (Lipinski definition) is 8. The van der Waals surface area contributed by atoms with Crippen LogP contribution in [0.15, 0.2) is 15.2 Å². The normalized spacial score (nSPS) is 15.5. The Labute approximate surface area is 136 Å². The molecule has 1 aliphatic rings. The number of nitrogens with one attached hydrogen (secondary N) is 2. The van der Waals surface area contributed by atoms with Gasteiger partial charge in [-0.1, -0.05) is 5.16 Å². The van der Waals surface area contributed by atoms with E-state index in [1.165, 1.54) is 6.26 Å². The van der Waals surface area contributed by atoms with Gasteiger partial charge in [0.2, 0.25) is 5.71 Å². The van der Waals surface area contributed by atoms with Crippen LogP contribution in [0.2, 0.25) is 0 Å². The lowest BCUT2D eigenvalue weighted by atomic mass is 10.2. The van der Waals surface area contributed by atoms with Gasteiger partial charge in [0.25, 0.3) is 5.91 Å². The van der Waals surface area contributed by atoms with Gasteiger partial charge in [-0.3, -0.25) is 10.1 Å². The molecule has 0 aliphatic heterocycles. The van der Waals surface area contributed by atoms with E-state index in [0.29, 0.717) is 34.1 Å². The molecule has 3 aromatic rings. The maximum absolute atomic E-state index is 12.5. The summed E-state index contributed by atoms with van der Waals surface area (Å²) in [7, 11) is 0. The standard InChI is InChI=1S/C15H16N6O3/c1-7-16-11(20-15(3)4-5-15)10-9(6-23-13(10)17-7)12(22)19-14-18-8(2)21-24-14/h6H,4-5H2,1-3H3,(H,16,17,20)(H,18,19,21,22). The first kappa shape index (κ1) is 14.6. The topological polar surface area (TPSA) is 119 Å². The van der Waals surface area contributed by atoms with Crippen LogP contribution in [-0.2, 0) is 0 Å². The van der Waals surface area contributed by atoms with E-state index in [1.807, 2.05) is 0 Å². The minimum absolute atomic E-state index is 0.00232. The molecule has 0 spiro atoms. The van der Waals surface area contributed by atoms with Crippen LogP contribution in [0.1, 0.15) is 41.8 Å². The molecule has 2 N–H and O–H groups in total. The Morgan fingerprint density at radius 1 is 1.21 bits per heavy atom. The second-order valence-electron chi connectivity index (χ2n) is 6.24. The molecule has 1 aliphatic carbocycles. The fourth-order valence-corrected chi connectivity index (χ4v) is 2.42. The van der Waals surface area contributed by atoms with Crippen LogP contribution in [0.5, 0.6) is 0 Å². The van der Waals surface area contributed by atoms with E-state index in [2.05, 4.69) is 37.7 Å². The largest absolute Gasteiger partial charge is 0.445 e. The molecule has 3 aromatic heterocycles. The number of amides is 1. The number of aromatic nitrogens is 4. The van der Waals surface area contributed by atoms with Crippen molar-refractivity contribution in [3.05, 3.63) is 23.5 Å². The van der Waals surface area contributed by atoms with E-state index in [9.17, 15) is 4.79 Å². The Balaban J connectivity index is 1.73. The van der Waals surface area contributed by atoms with Crippen molar-refractivity contribution < 1.29 is 13.7 Å². The number of anilines is 2. The van der Waals surface area contributed by atoms with Crippen molar-refractivity contribution in [2.24, 2.45) is 0 Å². The second-order valence-corrected chi connectivity index (χ2v) is 6.24. The molecular formula is C15H16N6O3. The molecule has 1 amide bonds. The Hall–Kier alpha value is -2.97. The maximum Gasteiger partial charge on any atom is 0.328 e. The first-order chi connectivity index (χ1) is 11.4. The first-order valence-electron chi connectivity index (χ1n) is 7.59. The highest BCUT2D eigenvalue weighted by Gasteiger charge is 2.38. The molecule has 9 heteroatoms. The third-order valence-electron chi connectivity index (χ3n) is 3.96. The zero-order valence-electron chi connectivity index (χ0n) is 13.5. The summed E-state index contributed by atoms with van der Waals surface area (Å²) in [6.45, 7) is 5.56. The zero-order chi connectivity index (χ0) is 16.9. The number of aryl methyl sites for hydroxylation is 2. The van der Waals surface area contributed by atoms with Gasteiger partial charge in [-0.15, -0.1) is 0 Å². The predicted octanol–water partition coefficient (Wildman–Crippen LogP) is 2.44. The number of nitrogens with zero attached hydrogens (tertiary/aromatic N) is 4. The Bertz CT molecular complexity index is 940. The van der Waals surface area contributed by atoms with Gasteiger partial charge in [-0.05, 0) is 33.6 Å². The second kappa shape index (κ2) is 5.02. The fourth-order valence-electron chi connectivity index (χ4n) is 2.42. The third-order valence-corrected chi connectivity index (χ3v) is 3.96. The van der Waals surface area contributed by atoms with Gasteiger partial charge < -0.3 is 14.3 Å². The van der Waals surface area contributed by atoms with Gasteiger partial charge >= 0.3 is 6.01 Å². The molecule has 1 fully saturated rings. The van der Waals surface area contributed by atoms with Gasteiger partial charge in [-0.25, -0.2) is 4.98 Å². The lowest BCUT2D eigenvalue weighted by Gasteiger charge is -2.13. The van der Waals surface area contributed by atoms with Crippen LogP contribution < -0.4 is 10.6 Å². The van der Waals surface area contributed by atoms with Crippen LogP contribution in [0.3, 0.4) is 0 Å². The predicted molar refractivity (Wildman–Crippen MR) is 84.8 cm³/mol. The van der Waals surface area contributed by atoms with E-state index in [1.54, 1.807) is 13.8 Å². The maximum atomic E-state index is 12.5. The highest BCUT2D eigenvalue weighted by atomic mass is 16.5. The third kappa shape index (κ3) is 2.57. The van der Waals surface area contributed by atoms with Crippen LogP contribution >= 0.6 is 0 Å². The molecule has 0 atom stereocenters. The number of carbonyl (C=O) groups is 1. The fraction of sp³-hybridized carbons (Fsp3) is 0.400. The molecule has 0 unspecified atom stereocenters. The SMILES string of the molecule is Cc1noc(NC(=O)c2coc3nc(C)nc(NC4(C)CC4)c23)n1. The number of hydrogen-bond donors (Lipinski definition) is 2. The summed E-state index contributed by atoms with van der Waals surface area (Å²) in [6, 6.07) is 0.0311. The number of rotatable bonds is 4. The van der Waals surface area contributed by atoms with Crippen molar-refractivity contribution in [1.82, 2.24) is 20.1 Å². The monoisotopic (exact) mass is 328 g/mol. The molecule has 0 saturated heterocycles. The average molecular weight is 328 g/mol. The van der Waals surface area contributed by atoms with E-state index >= 15 is 0 Å². The molecular weight excluding hydrogens is 312 g/mol. The summed E-state index contributed by atoms with van der Waals surface area (Å²) >= 11 is 0. The van der Waals surface area contributed by atoms with Crippen molar-refractivity contribution in [2.75, 3.05) is 10.6 Å². The minimum Gasteiger partial charge on any atom is -0.445 e. The van der Waals surface area contributed by atoms with Crippen LogP contribution in [0.25, 0.3) is 11.1 Å². The zero-order valence-corrected chi connectivity index (χ0v) is 13.5. The Morgan fingerprint density at radius 3 is 2.67 bits per heavy atom. The molecule has 124 valence electrons. The molecule has 0 aromatic carbocycles. The van der Waals surface area contributed by atoms with Gasteiger partial charge in [0.05, 0.1) is 10.9 Å². The highest BCUT2D eigenvalue weighted by molar-refractivity contribution is 6.13. The van der Waals surface area contributed by atoms with E-state index in [4.69, 9.17) is 8.94 Å². The van der Waals surface area contributed by atoms with Crippen molar-refractivity contribution in [3.8, 4) is 0 Å². The van der Waals surface area contributed by atoms with E-state index in [-0.39, 0.29) is 11.6 Å². The van der Waals surface area contributed by atoms with Crippen molar-refractivity contribution in [1.29, 1.82) is 0 Å². The van der Waals surface area contributed by atoms with E-state index in [0.717, 1.165) is 12.8 Å². The molecule has 0 bridgehead atoms. The average Bonchev–Trinajstić information content (AvgIpc) is 2.93. The summed E-state index contributed by atoms with van der Waals surface area (Å²) in [5.41, 5.74) is 0.677. The summed E-state index contributed by atoms with van der Waals surface area (Å²) in [5, 5.41) is 10.1. The first-order valence-corrected chi connectivity index (χ1v) is 7.59. The van der Waals surface area contributed by atoms with Crippen molar-refractivity contribution in [2.45, 2.75) is 39.2 Å². The number of furan rings is 1.